The third-order valence-corrected chi connectivity index (χ3v) is 8.05. The van der Waals surface area contributed by atoms with Gasteiger partial charge >= 0.3 is 0 Å². The van der Waals surface area contributed by atoms with Crippen LogP contribution in [0.25, 0.3) is 33.4 Å². The van der Waals surface area contributed by atoms with Crippen LogP contribution in [0.15, 0.2) is 133 Å². The van der Waals surface area contributed by atoms with Crippen molar-refractivity contribution in [2.45, 2.75) is 6.42 Å². The average Bonchev–Trinajstić information content (AvgIpc) is 3.45. The third-order valence-electron chi connectivity index (χ3n) is 8.05. The molecule has 0 bridgehead atoms. The Hall–Kier alpha value is -5.48. The summed E-state index contributed by atoms with van der Waals surface area (Å²) in [5, 5.41) is 6.28. The predicted molar refractivity (Wildman–Crippen MR) is 178 cm³/mol. The SMILES string of the molecule is CNc1ccc(Oc2ccc(-c3ccc4c(c3-c3ccc(Oc5ccc(NC)cc5)cc3)Cc3ccccc3-4)cc2)cc1. The summed E-state index contributed by atoms with van der Waals surface area (Å²) < 4.78 is 12.3. The van der Waals surface area contributed by atoms with Gasteiger partial charge in [-0.1, -0.05) is 60.7 Å². The molecular formula is C39H32N2O2. The quantitative estimate of drug-likeness (QED) is 0.194. The van der Waals surface area contributed by atoms with Gasteiger partial charge in [-0.3, -0.25) is 0 Å². The first-order chi connectivity index (χ1) is 21.2. The molecule has 2 N–H and O–H groups in total. The van der Waals surface area contributed by atoms with Crippen molar-refractivity contribution in [2.24, 2.45) is 0 Å². The van der Waals surface area contributed by atoms with Crippen LogP contribution in [0.4, 0.5) is 11.4 Å². The molecule has 0 atom stereocenters. The molecule has 0 saturated heterocycles. The van der Waals surface area contributed by atoms with Crippen LogP contribution in [-0.2, 0) is 6.42 Å². The minimum Gasteiger partial charge on any atom is -0.457 e. The lowest BCUT2D eigenvalue weighted by molar-refractivity contribution is 0.482. The molecule has 0 aromatic heterocycles. The maximum absolute atomic E-state index is 6.16. The van der Waals surface area contributed by atoms with Crippen molar-refractivity contribution < 1.29 is 9.47 Å². The highest BCUT2D eigenvalue weighted by Crippen LogP contribution is 2.46. The Labute approximate surface area is 252 Å². The standard InChI is InChI=1S/C39H32N2O2/c1-40-29-11-19-33(20-12-29)42-31-15-7-26(8-16-31)36-23-24-37-35-6-4-3-5-28(35)25-38(37)39(36)27-9-17-32(18-10-27)43-34-21-13-30(41-2)14-22-34/h3-24,40-41H,25H2,1-2H3. The monoisotopic (exact) mass is 560 g/mol. The lowest BCUT2D eigenvalue weighted by atomic mass is 9.88. The Kier molecular flexibility index (Phi) is 7.02. The highest BCUT2D eigenvalue weighted by molar-refractivity contribution is 5.93. The van der Waals surface area contributed by atoms with Gasteiger partial charge in [0.1, 0.15) is 23.0 Å². The highest BCUT2D eigenvalue weighted by atomic mass is 16.5. The van der Waals surface area contributed by atoms with E-state index in [9.17, 15) is 0 Å². The molecule has 4 heteroatoms. The molecule has 0 saturated carbocycles. The summed E-state index contributed by atoms with van der Waals surface area (Å²) in [6, 6.07) is 46.1. The van der Waals surface area contributed by atoms with Crippen LogP contribution >= 0.6 is 0 Å². The van der Waals surface area contributed by atoms with E-state index < -0.39 is 0 Å². The molecule has 1 aliphatic rings. The number of nitrogens with one attached hydrogen (secondary N) is 2. The van der Waals surface area contributed by atoms with E-state index in [1.807, 2.05) is 74.8 Å². The van der Waals surface area contributed by atoms with Gasteiger partial charge in [-0.2, -0.15) is 0 Å². The van der Waals surface area contributed by atoms with Crippen molar-refractivity contribution in [1.29, 1.82) is 0 Å². The molecular weight excluding hydrogens is 528 g/mol. The summed E-state index contributed by atoms with van der Waals surface area (Å²) in [6.45, 7) is 0. The zero-order chi connectivity index (χ0) is 29.2. The Morgan fingerprint density at radius 2 is 0.907 bits per heavy atom. The first kappa shape index (κ1) is 26.4. The summed E-state index contributed by atoms with van der Waals surface area (Å²) in [7, 11) is 3.82. The maximum atomic E-state index is 6.16. The van der Waals surface area contributed by atoms with Crippen LogP contribution in [0.1, 0.15) is 11.1 Å². The number of anilines is 2. The van der Waals surface area contributed by atoms with Gasteiger partial charge in [-0.05, 0) is 124 Å². The van der Waals surface area contributed by atoms with E-state index in [-0.39, 0.29) is 0 Å². The van der Waals surface area contributed by atoms with E-state index in [1.165, 1.54) is 38.9 Å². The number of ether oxygens (including phenoxy) is 2. The Morgan fingerprint density at radius 1 is 0.442 bits per heavy atom. The van der Waals surface area contributed by atoms with E-state index in [0.717, 1.165) is 46.4 Å². The van der Waals surface area contributed by atoms with Gasteiger partial charge in [0.2, 0.25) is 0 Å². The second-order valence-corrected chi connectivity index (χ2v) is 10.6. The number of hydrogen-bond donors (Lipinski definition) is 2. The summed E-state index contributed by atoms with van der Waals surface area (Å²) in [5.74, 6) is 3.23. The van der Waals surface area contributed by atoms with Crippen LogP contribution in [0, 0.1) is 0 Å². The van der Waals surface area contributed by atoms with Crippen LogP contribution in [-0.4, -0.2) is 14.1 Å². The smallest absolute Gasteiger partial charge is 0.127 e. The van der Waals surface area contributed by atoms with Crippen LogP contribution in [0.2, 0.25) is 0 Å². The molecule has 0 unspecified atom stereocenters. The number of rotatable bonds is 8. The van der Waals surface area contributed by atoms with Gasteiger partial charge in [-0.15, -0.1) is 0 Å². The largest absolute Gasteiger partial charge is 0.457 e. The fourth-order valence-electron chi connectivity index (χ4n) is 5.83. The van der Waals surface area contributed by atoms with E-state index >= 15 is 0 Å². The Morgan fingerprint density at radius 3 is 1.44 bits per heavy atom. The predicted octanol–water partition coefficient (Wildman–Crippen LogP) is 10.3. The molecule has 0 amide bonds. The molecule has 7 rings (SSSR count). The van der Waals surface area contributed by atoms with Gasteiger partial charge in [0, 0.05) is 25.5 Å². The number of hydrogen-bond acceptors (Lipinski definition) is 4. The van der Waals surface area contributed by atoms with Crippen LogP contribution in [0.5, 0.6) is 23.0 Å². The molecule has 0 aliphatic heterocycles. The molecule has 43 heavy (non-hydrogen) atoms. The third kappa shape index (κ3) is 5.31. The lowest BCUT2D eigenvalue weighted by Gasteiger charge is -2.17. The highest BCUT2D eigenvalue weighted by Gasteiger charge is 2.24. The summed E-state index contributed by atoms with van der Waals surface area (Å²) in [4.78, 5) is 0. The molecule has 0 fully saturated rings. The Balaban J connectivity index is 1.23. The number of fused-ring (bicyclic) bond motifs is 3. The zero-order valence-electron chi connectivity index (χ0n) is 24.2. The summed E-state index contributed by atoms with van der Waals surface area (Å²) in [6.07, 6.45) is 0.911. The molecule has 210 valence electrons. The van der Waals surface area contributed by atoms with Gasteiger partial charge in [0.25, 0.3) is 0 Å². The first-order valence-corrected chi connectivity index (χ1v) is 14.5. The van der Waals surface area contributed by atoms with Crippen molar-refractivity contribution in [3.63, 3.8) is 0 Å². The average molecular weight is 561 g/mol. The van der Waals surface area contributed by atoms with E-state index in [2.05, 4.69) is 83.4 Å². The second-order valence-electron chi connectivity index (χ2n) is 10.6. The van der Waals surface area contributed by atoms with Gasteiger partial charge in [0.05, 0.1) is 0 Å². The van der Waals surface area contributed by atoms with E-state index in [4.69, 9.17) is 9.47 Å². The molecule has 6 aromatic carbocycles. The van der Waals surface area contributed by atoms with Crippen LogP contribution < -0.4 is 20.1 Å². The van der Waals surface area contributed by atoms with Crippen LogP contribution in [0.3, 0.4) is 0 Å². The van der Waals surface area contributed by atoms with Crippen molar-refractivity contribution >= 4 is 11.4 Å². The minimum absolute atomic E-state index is 0.806. The molecule has 0 spiro atoms. The zero-order valence-corrected chi connectivity index (χ0v) is 24.2. The topological polar surface area (TPSA) is 42.5 Å². The maximum Gasteiger partial charge on any atom is 0.127 e. The van der Waals surface area contributed by atoms with E-state index in [0.29, 0.717) is 0 Å². The minimum atomic E-state index is 0.806. The van der Waals surface area contributed by atoms with Crippen molar-refractivity contribution in [1.82, 2.24) is 0 Å². The van der Waals surface area contributed by atoms with Crippen molar-refractivity contribution in [3.05, 3.63) is 145 Å². The fourth-order valence-corrected chi connectivity index (χ4v) is 5.83. The first-order valence-electron chi connectivity index (χ1n) is 14.5. The fraction of sp³-hybridized carbons (Fsp3) is 0.0769. The molecule has 0 radical (unpaired) electrons. The van der Waals surface area contributed by atoms with Crippen molar-refractivity contribution in [3.8, 4) is 56.4 Å². The van der Waals surface area contributed by atoms with Crippen molar-refractivity contribution in [2.75, 3.05) is 24.7 Å². The lowest BCUT2D eigenvalue weighted by Crippen LogP contribution is -1.94. The van der Waals surface area contributed by atoms with Gasteiger partial charge < -0.3 is 20.1 Å². The Bertz CT molecular complexity index is 1880. The molecule has 6 aromatic rings. The summed E-state index contributed by atoms with van der Waals surface area (Å²) in [5.41, 5.74) is 12.2. The normalized spacial score (nSPS) is 11.4. The number of benzene rings is 6. The van der Waals surface area contributed by atoms with E-state index in [1.54, 1.807) is 0 Å². The molecule has 4 nitrogen and oxygen atoms in total. The second kappa shape index (κ2) is 11.4. The van der Waals surface area contributed by atoms with Gasteiger partial charge in [0.15, 0.2) is 0 Å². The molecule has 1 aliphatic carbocycles. The summed E-state index contributed by atoms with van der Waals surface area (Å²) >= 11 is 0. The molecule has 0 heterocycles. The van der Waals surface area contributed by atoms with Gasteiger partial charge in [-0.25, -0.2) is 0 Å².